The third-order valence-corrected chi connectivity index (χ3v) is 2.60. The molecule has 0 saturated carbocycles. The van der Waals surface area contributed by atoms with Gasteiger partial charge in [0, 0.05) is 23.5 Å². The van der Waals surface area contributed by atoms with E-state index in [-0.39, 0.29) is 5.91 Å². The topological polar surface area (TPSA) is 46.9 Å². The Morgan fingerprint density at radius 2 is 2.06 bits per heavy atom. The number of aryl methyl sites for hydroxylation is 1. The molecule has 0 atom stereocenters. The number of nitrogens with one attached hydrogen (secondary N) is 1. The molecular weight excluding hydrogens is 238 g/mol. The maximum Gasteiger partial charge on any atom is 0.273 e. The van der Waals surface area contributed by atoms with Crippen LogP contribution in [0.25, 0.3) is 0 Å². The van der Waals surface area contributed by atoms with Gasteiger partial charge in [-0.1, -0.05) is 11.6 Å². The highest BCUT2D eigenvalue weighted by Gasteiger charge is 2.10. The van der Waals surface area contributed by atoms with Crippen LogP contribution in [0.15, 0.2) is 36.5 Å². The first-order valence-electron chi connectivity index (χ1n) is 5.29. The summed E-state index contributed by atoms with van der Waals surface area (Å²) in [5.74, 6) is -0.174. The van der Waals surface area contributed by atoms with Crippen molar-refractivity contribution in [3.05, 3.63) is 47.2 Å². The lowest BCUT2D eigenvalue weighted by Crippen LogP contribution is -2.17. The van der Waals surface area contributed by atoms with Crippen LogP contribution >= 0.6 is 11.6 Å². The van der Waals surface area contributed by atoms with E-state index < -0.39 is 0 Å². The standard InChI is InChI=1S/C12H12ClN3O/c1-2-16-11(7-8-14-16)12(17)15-10-5-3-9(13)4-6-10/h3-8H,2H2,1H3,(H,15,17). The number of hydrogen-bond acceptors (Lipinski definition) is 2. The molecule has 5 heteroatoms. The monoisotopic (exact) mass is 249 g/mol. The fraction of sp³-hybridized carbons (Fsp3) is 0.167. The number of carbonyl (C=O) groups excluding carboxylic acids is 1. The lowest BCUT2D eigenvalue weighted by atomic mass is 10.3. The number of halogens is 1. The lowest BCUT2D eigenvalue weighted by Gasteiger charge is -2.06. The van der Waals surface area contributed by atoms with Crippen molar-refractivity contribution in [2.45, 2.75) is 13.5 Å². The van der Waals surface area contributed by atoms with E-state index in [2.05, 4.69) is 10.4 Å². The minimum atomic E-state index is -0.174. The van der Waals surface area contributed by atoms with Gasteiger partial charge in [-0.05, 0) is 37.3 Å². The predicted molar refractivity (Wildman–Crippen MR) is 67.3 cm³/mol. The van der Waals surface area contributed by atoms with Gasteiger partial charge in [-0.25, -0.2) is 0 Å². The van der Waals surface area contributed by atoms with Crippen molar-refractivity contribution in [3.63, 3.8) is 0 Å². The van der Waals surface area contributed by atoms with Crippen LogP contribution in [-0.2, 0) is 6.54 Å². The second-order valence-corrected chi connectivity index (χ2v) is 3.93. The van der Waals surface area contributed by atoms with Gasteiger partial charge in [0.25, 0.3) is 5.91 Å². The first-order chi connectivity index (χ1) is 8.20. The third kappa shape index (κ3) is 2.65. The summed E-state index contributed by atoms with van der Waals surface area (Å²) in [6.45, 7) is 2.60. The molecule has 0 aliphatic rings. The summed E-state index contributed by atoms with van der Waals surface area (Å²) >= 11 is 5.77. The zero-order valence-corrected chi connectivity index (χ0v) is 10.1. The number of benzene rings is 1. The van der Waals surface area contributed by atoms with Crippen LogP contribution in [0.2, 0.25) is 5.02 Å². The van der Waals surface area contributed by atoms with Gasteiger partial charge in [0.05, 0.1) is 0 Å². The molecule has 17 heavy (non-hydrogen) atoms. The van der Waals surface area contributed by atoms with Gasteiger partial charge in [-0.3, -0.25) is 9.48 Å². The molecule has 0 unspecified atom stereocenters. The molecule has 0 radical (unpaired) electrons. The van der Waals surface area contributed by atoms with Crippen molar-refractivity contribution in [2.24, 2.45) is 0 Å². The molecule has 1 aromatic heterocycles. The Labute approximate surface area is 104 Å². The van der Waals surface area contributed by atoms with E-state index in [1.807, 2.05) is 6.92 Å². The Kier molecular flexibility index (Phi) is 3.44. The summed E-state index contributed by atoms with van der Waals surface area (Å²) in [4.78, 5) is 11.9. The maximum absolute atomic E-state index is 11.9. The molecule has 2 aromatic rings. The molecule has 0 fully saturated rings. The molecule has 0 spiro atoms. The number of rotatable bonds is 3. The van der Waals surface area contributed by atoms with Crippen molar-refractivity contribution < 1.29 is 4.79 Å². The maximum atomic E-state index is 11.9. The quantitative estimate of drug-likeness (QED) is 0.909. The predicted octanol–water partition coefficient (Wildman–Crippen LogP) is 2.81. The fourth-order valence-corrected chi connectivity index (χ4v) is 1.63. The smallest absolute Gasteiger partial charge is 0.273 e. The van der Waals surface area contributed by atoms with Gasteiger partial charge in [-0.2, -0.15) is 5.10 Å². The molecule has 0 bridgehead atoms. The Morgan fingerprint density at radius 3 is 2.71 bits per heavy atom. The molecule has 0 aliphatic heterocycles. The van der Waals surface area contributed by atoms with E-state index in [0.717, 1.165) is 0 Å². The van der Waals surface area contributed by atoms with E-state index in [4.69, 9.17) is 11.6 Å². The first kappa shape index (κ1) is 11.7. The van der Waals surface area contributed by atoms with Crippen molar-refractivity contribution in [1.29, 1.82) is 0 Å². The van der Waals surface area contributed by atoms with E-state index in [1.54, 1.807) is 41.2 Å². The van der Waals surface area contributed by atoms with Gasteiger partial charge in [0.2, 0.25) is 0 Å². The van der Waals surface area contributed by atoms with Crippen LogP contribution in [0.1, 0.15) is 17.4 Å². The van der Waals surface area contributed by atoms with Crippen LogP contribution in [0.4, 0.5) is 5.69 Å². The molecule has 1 heterocycles. The van der Waals surface area contributed by atoms with E-state index in [9.17, 15) is 4.79 Å². The molecule has 2 rings (SSSR count). The highest BCUT2D eigenvalue weighted by molar-refractivity contribution is 6.30. The summed E-state index contributed by atoms with van der Waals surface area (Å²) in [5.41, 5.74) is 1.26. The van der Waals surface area contributed by atoms with Crippen molar-refractivity contribution in [1.82, 2.24) is 9.78 Å². The summed E-state index contributed by atoms with van der Waals surface area (Å²) in [6.07, 6.45) is 1.61. The SMILES string of the molecule is CCn1nccc1C(=O)Nc1ccc(Cl)cc1. The van der Waals surface area contributed by atoms with Crippen LogP contribution in [0, 0.1) is 0 Å². The Bertz CT molecular complexity index is 519. The molecule has 1 amide bonds. The normalized spacial score (nSPS) is 10.2. The minimum Gasteiger partial charge on any atom is -0.321 e. The van der Waals surface area contributed by atoms with E-state index >= 15 is 0 Å². The van der Waals surface area contributed by atoms with Crippen molar-refractivity contribution >= 4 is 23.2 Å². The zero-order chi connectivity index (χ0) is 12.3. The van der Waals surface area contributed by atoms with E-state index in [0.29, 0.717) is 22.9 Å². The summed E-state index contributed by atoms with van der Waals surface area (Å²) in [5, 5.41) is 7.47. The average Bonchev–Trinajstić information content (AvgIpc) is 2.80. The number of amides is 1. The van der Waals surface area contributed by atoms with Crippen LogP contribution in [0.5, 0.6) is 0 Å². The minimum absolute atomic E-state index is 0.174. The number of anilines is 1. The van der Waals surface area contributed by atoms with Crippen LogP contribution in [0.3, 0.4) is 0 Å². The Balaban J connectivity index is 2.14. The average molecular weight is 250 g/mol. The Hall–Kier alpha value is -1.81. The second-order valence-electron chi connectivity index (χ2n) is 3.49. The molecular formula is C12H12ClN3O. The summed E-state index contributed by atoms with van der Waals surface area (Å²) in [7, 11) is 0. The number of nitrogens with zero attached hydrogens (tertiary/aromatic N) is 2. The van der Waals surface area contributed by atoms with Gasteiger partial charge in [-0.15, -0.1) is 0 Å². The highest BCUT2D eigenvalue weighted by Crippen LogP contribution is 2.14. The number of hydrogen-bond donors (Lipinski definition) is 1. The van der Waals surface area contributed by atoms with Crippen molar-refractivity contribution in [3.8, 4) is 0 Å². The molecule has 88 valence electrons. The second kappa shape index (κ2) is 5.01. The molecule has 4 nitrogen and oxygen atoms in total. The lowest BCUT2D eigenvalue weighted by molar-refractivity contribution is 0.101. The zero-order valence-electron chi connectivity index (χ0n) is 9.35. The van der Waals surface area contributed by atoms with E-state index in [1.165, 1.54) is 0 Å². The van der Waals surface area contributed by atoms with Crippen LogP contribution < -0.4 is 5.32 Å². The van der Waals surface area contributed by atoms with Gasteiger partial charge >= 0.3 is 0 Å². The van der Waals surface area contributed by atoms with Gasteiger partial charge < -0.3 is 5.32 Å². The summed E-state index contributed by atoms with van der Waals surface area (Å²) < 4.78 is 1.64. The Morgan fingerprint density at radius 1 is 1.35 bits per heavy atom. The molecule has 0 aliphatic carbocycles. The summed E-state index contributed by atoms with van der Waals surface area (Å²) in [6, 6.07) is 8.66. The number of carbonyl (C=O) groups is 1. The number of aromatic nitrogens is 2. The molecule has 1 N–H and O–H groups in total. The van der Waals surface area contributed by atoms with Gasteiger partial charge in [0.1, 0.15) is 5.69 Å². The third-order valence-electron chi connectivity index (χ3n) is 2.35. The van der Waals surface area contributed by atoms with Crippen molar-refractivity contribution in [2.75, 3.05) is 5.32 Å². The molecule has 1 aromatic carbocycles. The van der Waals surface area contributed by atoms with Crippen LogP contribution in [-0.4, -0.2) is 15.7 Å². The largest absolute Gasteiger partial charge is 0.321 e. The highest BCUT2D eigenvalue weighted by atomic mass is 35.5. The fourth-order valence-electron chi connectivity index (χ4n) is 1.51. The van der Waals surface area contributed by atoms with Gasteiger partial charge in [0.15, 0.2) is 0 Å². The first-order valence-corrected chi connectivity index (χ1v) is 5.67. The molecule has 0 saturated heterocycles.